The fraction of sp³-hybridized carbons (Fsp3) is 0.636. The van der Waals surface area contributed by atoms with E-state index in [9.17, 15) is 9.59 Å². The Morgan fingerprint density at radius 1 is 0.808 bits per heavy atom. The van der Waals surface area contributed by atoms with Crippen LogP contribution in [0.15, 0.2) is 18.2 Å². The van der Waals surface area contributed by atoms with Crippen LogP contribution in [0.4, 0.5) is 0 Å². The Bertz CT molecular complexity index is 576. The van der Waals surface area contributed by atoms with Gasteiger partial charge in [0, 0.05) is 0 Å². The predicted molar refractivity (Wildman–Crippen MR) is 104 cm³/mol. The predicted octanol–water partition coefficient (Wildman–Crippen LogP) is 5.71. The van der Waals surface area contributed by atoms with Crippen LogP contribution in [0.1, 0.15) is 78.7 Å². The molecular weight excluding hydrogens is 328 g/mol. The third-order valence-corrected chi connectivity index (χ3v) is 4.19. The molecule has 0 aliphatic carbocycles. The number of unbranched alkanes of at least 4 members (excludes halogenated alkanes) is 5. The van der Waals surface area contributed by atoms with E-state index < -0.39 is 0 Å². The van der Waals surface area contributed by atoms with Crippen molar-refractivity contribution in [2.45, 2.75) is 79.6 Å². The fourth-order valence-corrected chi connectivity index (χ4v) is 2.43. The Hall–Kier alpha value is -1.84. The summed E-state index contributed by atoms with van der Waals surface area (Å²) in [5.74, 6) is -0.512. The van der Waals surface area contributed by atoms with Crippen molar-refractivity contribution in [3.8, 4) is 11.5 Å². The van der Waals surface area contributed by atoms with E-state index in [0.717, 1.165) is 18.4 Å². The first-order valence-corrected chi connectivity index (χ1v) is 9.91. The zero-order chi connectivity index (χ0) is 19.5. The lowest BCUT2D eigenvalue weighted by Gasteiger charge is -2.14. The van der Waals surface area contributed by atoms with Gasteiger partial charge in [-0.05, 0) is 30.5 Å². The van der Waals surface area contributed by atoms with Crippen molar-refractivity contribution in [2.24, 2.45) is 11.8 Å². The van der Waals surface area contributed by atoms with E-state index >= 15 is 0 Å². The summed E-state index contributed by atoms with van der Waals surface area (Å²) in [5.41, 5.74) is 1.09. The minimum Gasteiger partial charge on any atom is -0.422 e. The molecular formula is C22H34O4. The van der Waals surface area contributed by atoms with Gasteiger partial charge in [0.05, 0.1) is 11.8 Å². The molecule has 1 aromatic carbocycles. The molecule has 0 N–H and O–H groups in total. The van der Waals surface area contributed by atoms with Gasteiger partial charge in [-0.15, -0.1) is 0 Å². The highest BCUT2D eigenvalue weighted by Gasteiger charge is 2.18. The van der Waals surface area contributed by atoms with Crippen molar-refractivity contribution >= 4 is 11.9 Å². The van der Waals surface area contributed by atoms with Crippen molar-refractivity contribution in [3.63, 3.8) is 0 Å². The van der Waals surface area contributed by atoms with E-state index in [0.29, 0.717) is 11.5 Å². The molecule has 0 atom stereocenters. The van der Waals surface area contributed by atoms with E-state index in [1.54, 1.807) is 33.8 Å². The number of rotatable bonds is 11. The molecule has 0 heterocycles. The Morgan fingerprint density at radius 3 is 1.92 bits per heavy atom. The van der Waals surface area contributed by atoms with Gasteiger partial charge in [-0.2, -0.15) is 0 Å². The molecule has 0 aliphatic heterocycles. The van der Waals surface area contributed by atoms with E-state index in [4.69, 9.17) is 9.47 Å². The van der Waals surface area contributed by atoms with Crippen molar-refractivity contribution in [3.05, 3.63) is 23.8 Å². The van der Waals surface area contributed by atoms with Crippen molar-refractivity contribution in [1.29, 1.82) is 0 Å². The van der Waals surface area contributed by atoms with E-state index in [2.05, 4.69) is 6.92 Å². The summed E-state index contributed by atoms with van der Waals surface area (Å²) in [4.78, 5) is 23.9. The maximum Gasteiger partial charge on any atom is 0.313 e. The standard InChI is InChI=1S/C22H34O4/c1-6-7-8-9-10-11-12-18-13-14-19(25-21(23)16(2)3)20(15-18)26-22(24)17(4)5/h13-17H,6-12H2,1-5H3. The second-order valence-electron chi connectivity index (χ2n) is 7.45. The quantitative estimate of drug-likeness (QED) is 0.287. The lowest BCUT2D eigenvalue weighted by atomic mass is 10.0. The molecule has 1 aromatic rings. The Kier molecular flexibility index (Phi) is 10.0. The smallest absolute Gasteiger partial charge is 0.313 e. The summed E-state index contributed by atoms with van der Waals surface area (Å²) in [6, 6.07) is 5.51. The van der Waals surface area contributed by atoms with E-state index in [1.807, 2.05) is 12.1 Å². The highest BCUT2D eigenvalue weighted by molar-refractivity contribution is 5.78. The number of carbonyl (C=O) groups is 2. The first-order chi connectivity index (χ1) is 12.3. The van der Waals surface area contributed by atoms with Gasteiger partial charge in [0.25, 0.3) is 0 Å². The summed E-state index contributed by atoms with van der Waals surface area (Å²) in [7, 11) is 0. The third kappa shape index (κ3) is 8.03. The SMILES string of the molecule is CCCCCCCCc1ccc(OC(=O)C(C)C)c(OC(=O)C(C)C)c1. The lowest BCUT2D eigenvalue weighted by molar-refractivity contribution is -0.140. The number of aryl methyl sites for hydroxylation is 1. The van der Waals surface area contributed by atoms with Gasteiger partial charge in [-0.1, -0.05) is 72.8 Å². The summed E-state index contributed by atoms with van der Waals surface area (Å²) in [6.45, 7) is 9.32. The number of hydrogen-bond acceptors (Lipinski definition) is 4. The molecule has 0 saturated carbocycles. The van der Waals surface area contributed by atoms with Gasteiger partial charge in [0.2, 0.25) is 0 Å². The van der Waals surface area contributed by atoms with Crippen LogP contribution in [-0.4, -0.2) is 11.9 Å². The van der Waals surface area contributed by atoms with E-state index in [-0.39, 0.29) is 23.8 Å². The van der Waals surface area contributed by atoms with Crippen LogP contribution in [-0.2, 0) is 16.0 Å². The molecule has 0 bridgehead atoms. The van der Waals surface area contributed by atoms with Gasteiger partial charge in [-0.25, -0.2) is 0 Å². The number of hydrogen-bond donors (Lipinski definition) is 0. The molecule has 0 saturated heterocycles. The van der Waals surface area contributed by atoms with Crippen LogP contribution < -0.4 is 9.47 Å². The number of esters is 2. The molecule has 0 aliphatic rings. The van der Waals surface area contributed by atoms with Gasteiger partial charge in [-0.3, -0.25) is 9.59 Å². The summed E-state index contributed by atoms with van der Waals surface area (Å²) < 4.78 is 10.9. The largest absolute Gasteiger partial charge is 0.422 e. The van der Waals surface area contributed by atoms with Gasteiger partial charge in [0.1, 0.15) is 0 Å². The maximum atomic E-state index is 12.0. The molecule has 0 radical (unpaired) electrons. The molecule has 26 heavy (non-hydrogen) atoms. The normalized spacial score (nSPS) is 11.0. The first kappa shape index (κ1) is 22.2. The first-order valence-electron chi connectivity index (χ1n) is 9.91. The Labute approximate surface area is 158 Å². The Balaban J connectivity index is 2.78. The molecule has 0 unspecified atom stereocenters. The molecule has 4 nitrogen and oxygen atoms in total. The number of ether oxygens (including phenoxy) is 2. The Morgan fingerprint density at radius 2 is 1.35 bits per heavy atom. The average Bonchev–Trinajstić information content (AvgIpc) is 2.59. The van der Waals surface area contributed by atoms with Crippen LogP contribution >= 0.6 is 0 Å². The highest BCUT2D eigenvalue weighted by atomic mass is 16.6. The van der Waals surface area contributed by atoms with Crippen LogP contribution in [0.5, 0.6) is 11.5 Å². The molecule has 4 heteroatoms. The molecule has 0 spiro atoms. The molecule has 1 rings (SSSR count). The molecule has 0 aromatic heterocycles. The van der Waals surface area contributed by atoms with Gasteiger partial charge in [0.15, 0.2) is 11.5 Å². The zero-order valence-electron chi connectivity index (χ0n) is 17.0. The number of carbonyl (C=O) groups excluding carboxylic acids is 2. The highest BCUT2D eigenvalue weighted by Crippen LogP contribution is 2.30. The zero-order valence-corrected chi connectivity index (χ0v) is 17.0. The maximum absolute atomic E-state index is 12.0. The van der Waals surface area contributed by atoms with Crippen molar-refractivity contribution in [2.75, 3.05) is 0 Å². The minimum atomic E-state index is -0.337. The summed E-state index contributed by atoms with van der Waals surface area (Å²) in [5, 5.41) is 0. The third-order valence-electron chi connectivity index (χ3n) is 4.19. The lowest BCUT2D eigenvalue weighted by Crippen LogP contribution is -2.18. The topological polar surface area (TPSA) is 52.6 Å². The minimum absolute atomic E-state index is 0.244. The molecule has 0 amide bonds. The molecule has 0 fully saturated rings. The summed E-state index contributed by atoms with van der Waals surface area (Å²) in [6.07, 6.45) is 8.33. The van der Waals surface area contributed by atoms with E-state index in [1.165, 1.54) is 32.1 Å². The van der Waals surface area contributed by atoms with Crippen molar-refractivity contribution in [1.82, 2.24) is 0 Å². The van der Waals surface area contributed by atoms with Crippen LogP contribution in [0.2, 0.25) is 0 Å². The second-order valence-corrected chi connectivity index (χ2v) is 7.45. The monoisotopic (exact) mass is 362 g/mol. The van der Waals surface area contributed by atoms with Crippen LogP contribution in [0.3, 0.4) is 0 Å². The second kappa shape index (κ2) is 11.7. The van der Waals surface area contributed by atoms with Gasteiger partial charge >= 0.3 is 11.9 Å². The van der Waals surface area contributed by atoms with Crippen LogP contribution in [0.25, 0.3) is 0 Å². The van der Waals surface area contributed by atoms with Gasteiger partial charge < -0.3 is 9.47 Å². The number of benzene rings is 1. The molecule has 146 valence electrons. The fourth-order valence-electron chi connectivity index (χ4n) is 2.43. The van der Waals surface area contributed by atoms with Crippen LogP contribution in [0, 0.1) is 11.8 Å². The van der Waals surface area contributed by atoms with Crippen molar-refractivity contribution < 1.29 is 19.1 Å². The average molecular weight is 363 g/mol. The summed E-state index contributed by atoms with van der Waals surface area (Å²) >= 11 is 0.